The zero-order chi connectivity index (χ0) is 25.8. The molecule has 0 bridgehead atoms. The van der Waals surface area contributed by atoms with Gasteiger partial charge in [-0.25, -0.2) is 9.37 Å². The second-order valence-corrected chi connectivity index (χ2v) is 9.23. The van der Waals surface area contributed by atoms with Crippen molar-refractivity contribution in [1.29, 1.82) is 0 Å². The van der Waals surface area contributed by atoms with Gasteiger partial charge in [0.15, 0.2) is 0 Å². The molecule has 0 saturated carbocycles. The number of hydrogen-bond donors (Lipinski definition) is 1. The molecule has 190 valence electrons. The summed E-state index contributed by atoms with van der Waals surface area (Å²) < 4.78 is 32.4. The summed E-state index contributed by atoms with van der Waals surface area (Å²) >= 11 is 0. The molecule has 7 heteroatoms. The van der Waals surface area contributed by atoms with Crippen LogP contribution in [0.1, 0.15) is 54.9 Å². The zero-order valence-electron chi connectivity index (χ0n) is 20.6. The number of carboxylic acids is 1. The van der Waals surface area contributed by atoms with Crippen molar-refractivity contribution in [2.45, 2.75) is 50.7 Å². The number of carbonyl (C=O) groups is 1. The summed E-state index contributed by atoms with van der Waals surface area (Å²) in [7, 11) is 0. The Hall–Kier alpha value is -3.89. The molecule has 37 heavy (non-hydrogen) atoms. The predicted octanol–water partition coefficient (Wildman–Crippen LogP) is 5.70. The Morgan fingerprint density at radius 3 is 2.68 bits per heavy atom. The average Bonchev–Trinajstić information content (AvgIpc) is 3.56. The third-order valence-corrected chi connectivity index (χ3v) is 6.76. The van der Waals surface area contributed by atoms with E-state index in [1.165, 1.54) is 6.07 Å². The zero-order valence-corrected chi connectivity index (χ0v) is 20.6. The van der Waals surface area contributed by atoms with Crippen molar-refractivity contribution in [2.24, 2.45) is 0 Å². The van der Waals surface area contributed by atoms with E-state index in [2.05, 4.69) is 16.8 Å². The number of aromatic nitrogens is 1. The lowest BCUT2D eigenvalue weighted by Gasteiger charge is -2.17. The van der Waals surface area contributed by atoms with Crippen LogP contribution in [-0.4, -0.2) is 35.4 Å². The third kappa shape index (κ3) is 5.60. The number of benzene rings is 2. The number of nitrogens with zero attached hydrogens (tertiary/aromatic N) is 1. The molecular weight excluding hydrogens is 473 g/mol. The summed E-state index contributed by atoms with van der Waals surface area (Å²) in [6.07, 6.45) is 3.52. The molecule has 2 aliphatic rings. The van der Waals surface area contributed by atoms with E-state index >= 15 is 4.39 Å². The number of hydrogen-bond acceptors (Lipinski definition) is 5. The predicted molar refractivity (Wildman–Crippen MR) is 136 cm³/mol. The van der Waals surface area contributed by atoms with E-state index in [-0.39, 0.29) is 24.3 Å². The maximum atomic E-state index is 15.0. The maximum Gasteiger partial charge on any atom is 0.304 e. The maximum absolute atomic E-state index is 15.0. The molecule has 1 aliphatic heterocycles. The first-order valence-corrected chi connectivity index (χ1v) is 12.4. The van der Waals surface area contributed by atoms with E-state index < -0.39 is 12.1 Å². The third-order valence-electron chi connectivity index (χ3n) is 6.76. The molecule has 5 rings (SSSR count). The first-order valence-electron chi connectivity index (χ1n) is 12.4. The molecule has 0 amide bonds. The molecule has 1 N–H and O–H groups in total. The van der Waals surface area contributed by atoms with Crippen LogP contribution in [0.15, 0.2) is 54.7 Å². The minimum Gasteiger partial charge on any atom is -0.486 e. The van der Waals surface area contributed by atoms with E-state index in [4.69, 9.17) is 19.3 Å². The van der Waals surface area contributed by atoms with Crippen molar-refractivity contribution in [3.8, 4) is 34.6 Å². The number of halogens is 1. The van der Waals surface area contributed by atoms with Crippen LogP contribution in [0.2, 0.25) is 0 Å². The van der Waals surface area contributed by atoms with Gasteiger partial charge in [-0.05, 0) is 60.7 Å². The fraction of sp³-hybridized carbons (Fsp3) is 0.333. The van der Waals surface area contributed by atoms with Gasteiger partial charge in [-0.2, -0.15) is 0 Å². The first-order chi connectivity index (χ1) is 18.0. The first kappa shape index (κ1) is 24.8. The van der Waals surface area contributed by atoms with Crippen LogP contribution in [0, 0.1) is 17.7 Å². The average molecular weight is 502 g/mol. The molecule has 1 saturated heterocycles. The number of ether oxygens (including phenoxy) is 3. The van der Waals surface area contributed by atoms with Crippen LogP contribution in [0.3, 0.4) is 0 Å². The lowest BCUT2D eigenvalue weighted by atomic mass is 9.96. The van der Waals surface area contributed by atoms with Crippen LogP contribution < -0.4 is 9.47 Å². The van der Waals surface area contributed by atoms with E-state index in [0.717, 1.165) is 28.7 Å². The van der Waals surface area contributed by atoms with Gasteiger partial charge in [0, 0.05) is 29.8 Å². The van der Waals surface area contributed by atoms with Crippen molar-refractivity contribution in [1.82, 2.24) is 4.98 Å². The Kier molecular flexibility index (Phi) is 7.38. The van der Waals surface area contributed by atoms with Gasteiger partial charge in [-0.1, -0.05) is 24.1 Å². The fourth-order valence-corrected chi connectivity index (χ4v) is 4.99. The number of fused-ring (bicyclic) bond motifs is 1. The van der Waals surface area contributed by atoms with Gasteiger partial charge in [0.25, 0.3) is 0 Å². The molecule has 2 heterocycles. The van der Waals surface area contributed by atoms with Crippen LogP contribution in [0.4, 0.5) is 4.39 Å². The standard InChI is InChI=1S/C30H28FNO5/c1-2-3-20(16-29(33)34)19-4-7-22(8-5-19)36-27-12-10-25-24(9-11-26(31)30(25)27)21-6-13-28(32-17-21)37-23-14-15-35-18-23/h4-9,11,13,17,20,23,27H,10,12,14-16,18H2,1H3,(H,33,34)/t20?,23-,27+/m0/s1. The topological polar surface area (TPSA) is 77.9 Å². The lowest BCUT2D eigenvalue weighted by molar-refractivity contribution is -0.137. The highest BCUT2D eigenvalue weighted by Crippen LogP contribution is 2.42. The minimum atomic E-state index is -0.900. The molecule has 0 radical (unpaired) electrons. The second kappa shape index (κ2) is 11.0. The molecule has 1 fully saturated rings. The summed E-state index contributed by atoms with van der Waals surface area (Å²) in [6, 6.07) is 14.3. The Balaban J connectivity index is 1.33. The molecule has 3 atom stereocenters. The lowest BCUT2D eigenvalue weighted by Crippen LogP contribution is -2.16. The summed E-state index contributed by atoms with van der Waals surface area (Å²) in [5.41, 5.74) is 4.16. The van der Waals surface area contributed by atoms with Crippen molar-refractivity contribution in [3.63, 3.8) is 0 Å². The smallest absolute Gasteiger partial charge is 0.304 e. The number of carboxylic acid groups (broad SMARTS) is 1. The van der Waals surface area contributed by atoms with Crippen LogP contribution in [0.5, 0.6) is 11.6 Å². The van der Waals surface area contributed by atoms with Gasteiger partial charge in [0.1, 0.15) is 23.8 Å². The highest BCUT2D eigenvalue weighted by atomic mass is 19.1. The molecule has 3 aromatic rings. The largest absolute Gasteiger partial charge is 0.486 e. The number of pyridine rings is 1. The highest BCUT2D eigenvalue weighted by Gasteiger charge is 2.30. The molecule has 2 aromatic carbocycles. The molecule has 1 unspecified atom stereocenters. The highest BCUT2D eigenvalue weighted by molar-refractivity contribution is 5.70. The summed E-state index contributed by atoms with van der Waals surface area (Å²) in [4.78, 5) is 15.6. The quantitative estimate of drug-likeness (QED) is 0.399. The number of rotatable bonds is 8. The van der Waals surface area contributed by atoms with Crippen molar-refractivity contribution >= 4 is 5.97 Å². The van der Waals surface area contributed by atoms with E-state index in [1.54, 1.807) is 31.3 Å². The summed E-state index contributed by atoms with van der Waals surface area (Å²) in [6.45, 7) is 2.97. The monoisotopic (exact) mass is 501 g/mol. The Morgan fingerprint density at radius 1 is 1.16 bits per heavy atom. The van der Waals surface area contributed by atoms with Crippen molar-refractivity contribution in [2.75, 3.05) is 13.2 Å². The fourth-order valence-electron chi connectivity index (χ4n) is 4.99. The van der Waals surface area contributed by atoms with Gasteiger partial charge in [-0.3, -0.25) is 4.79 Å². The Morgan fingerprint density at radius 2 is 2.00 bits per heavy atom. The molecular formula is C30H28FNO5. The molecule has 1 aliphatic carbocycles. The second-order valence-electron chi connectivity index (χ2n) is 9.23. The molecule has 1 aromatic heterocycles. The van der Waals surface area contributed by atoms with Crippen molar-refractivity contribution < 1.29 is 28.5 Å². The number of aliphatic carboxylic acids is 1. The van der Waals surface area contributed by atoms with Crippen LogP contribution >= 0.6 is 0 Å². The van der Waals surface area contributed by atoms with Gasteiger partial charge in [-0.15, -0.1) is 5.92 Å². The SMILES string of the molecule is CC#CC(CC(=O)O)c1ccc(O[C@@H]2CCc3c(-c4ccc(O[C@H]5CCOC5)nc4)ccc(F)c32)cc1. The van der Waals surface area contributed by atoms with Gasteiger partial charge >= 0.3 is 5.97 Å². The normalized spacial score (nSPS) is 19.0. The molecule has 0 spiro atoms. The van der Waals surface area contributed by atoms with Gasteiger partial charge < -0.3 is 19.3 Å². The summed E-state index contributed by atoms with van der Waals surface area (Å²) in [5, 5.41) is 9.17. The van der Waals surface area contributed by atoms with E-state index in [0.29, 0.717) is 43.2 Å². The van der Waals surface area contributed by atoms with Gasteiger partial charge in [0.2, 0.25) is 5.88 Å². The van der Waals surface area contributed by atoms with E-state index in [9.17, 15) is 4.79 Å². The minimum absolute atomic E-state index is 0.0306. The van der Waals surface area contributed by atoms with Crippen molar-refractivity contribution in [3.05, 3.63) is 77.2 Å². The van der Waals surface area contributed by atoms with Gasteiger partial charge in [0.05, 0.1) is 25.6 Å². The molecule has 6 nitrogen and oxygen atoms in total. The Bertz CT molecular complexity index is 1320. The van der Waals surface area contributed by atoms with E-state index in [1.807, 2.05) is 24.3 Å². The Labute approximate surface area is 215 Å². The summed E-state index contributed by atoms with van der Waals surface area (Å²) in [5.74, 6) is 5.32. The van der Waals surface area contributed by atoms with Crippen LogP contribution in [-0.2, 0) is 16.0 Å². The van der Waals surface area contributed by atoms with Crippen LogP contribution in [0.25, 0.3) is 11.1 Å².